The Bertz CT molecular complexity index is 1060. The Hall–Kier alpha value is -3.36. The van der Waals surface area contributed by atoms with Crippen molar-refractivity contribution in [1.29, 1.82) is 0 Å². The van der Waals surface area contributed by atoms with Crippen LogP contribution in [0.5, 0.6) is 5.75 Å². The molecule has 0 spiro atoms. The number of rotatable bonds is 6. The molecular formula is C21H19F4N3O2. The van der Waals surface area contributed by atoms with E-state index in [1.54, 1.807) is 30.7 Å². The summed E-state index contributed by atoms with van der Waals surface area (Å²) in [6.07, 6.45) is -4.47. The van der Waals surface area contributed by atoms with Gasteiger partial charge in [0.05, 0.1) is 23.6 Å². The van der Waals surface area contributed by atoms with Crippen LogP contribution >= 0.6 is 0 Å². The highest BCUT2D eigenvalue weighted by Crippen LogP contribution is 2.23. The Morgan fingerprint density at radius 1 is 1.13 bits per heavy atom. The van der Waals surface area contributed by atoms with E-state index in [-0.39, 0.29) is 17.1 Å². The number of alkyl halides is 3. The highest BCUT2D eigenvalue weighted by molar-refractivity contribution is 6.05. The minimum Gasteiger partial charge on any atom is -0.484 e. The first-order valence-corrected chi connectivity index (χ1v) is 9.02. The van der Waals surface area contributed by atoms with E-state index in [0.717, 1.165) is 0 Å². The van der Waals surface area contributed by atoms with Gasteiger partial charge >= 0.3 is 6.18 Å². The first kappa shape index (κ1) is 21.4. The molecule has 3 aromatic rings. The van der Waals surface area contributed by atoms with E-state index in [0.29, 0.717) is 29.2 Å². The summed E-state index contributed by atoms with van der Waals surface area (Å²) < 4.78 is 56.7. The van der Waals surface area contributed by atoms with Gasteiger partial charge in [0, 0.05) is 5.56 Å². The summed E-state index contributed by atoms with van der Waals surface area (Å²) in [5.74, 6) is -0.922. The Morgan fingerprint density at radius 3 is 2.57 bits per heavy atom. The zero-order valence-electron chi connectivity index (χ0n) is 16.3. The second-order valence-electron chi connectivity index (χ2n) is 6.72. The zero-order valence-corrected chi connectivity index (χ0v) is 16.3. The maximum Gasteiger partial charge on any atom is 0.422 e. The largest absolute Gasteiger partial charge is 0.484 e. The van der Waals surface area contributed by atoms with Crippen molar-refractivity contribution in [2.75, 3.05) is 11.9 Å². The maximum atomic E-state index is 13.4. The van der Waals surface area contributed by atoms with Crippen LogP contribution in [0.15, 0.2) is 48.5 Å². The number of ether oxygens (including phenoxy) is 1. The molecule has 0 fully saturated rings. The number of anilines is 1. The molecule has 30 heavy (non-hydrogen) atoms. The Labute approximate surface area is 170 Å². The van der Waals surface area contributed by atoms with Gasteiger partial charge in [-0.05, 0) is 49.7 Å². The number of hydrogen-bond donors (Lipinski definition) is 1. The maximum absolute atomic E-state index is 13.4. The fourth-order valence-electron chi connectivity index (χ4n) is 2.92. The number of nitrogens with one attached hydrogen (secondary N) is 1. The molecule has 0 unspecified atom stereocenters. The van der Waals surface area contributed by atoms with Crippen molar-refractivity contribution in [3.05, 3.63) is 76.9 Å². The molecule has 0 atom stereocenters. The van der Waals surface area contributed by atoms with Crippen LogP contribution < -0.4 is 10.1 Å². The van der Waals surface area contributed by atoms with E-state index in [1.165, 1.54) is 36.4 Å². The van der Waals surface area contributed by atoms with E-state index in [2.05, 4.69) is 15.2 Å². The summed E-state index contributed by atoms with van der Waals surface area (Å²) >= 11 is 0. The van der Waals surface area contributed by atoms with E-state index < -0.39 is 18.7 Å². The topological polar surface area (TPSA) is 56.2 Å². The third-order valence-corrected chi connectivity index (χ3v) is 4.34. The van der Waals surface area contributed by atoms with Crippen molar-refractivity contribution in [2.45, 2.75) is 26.6 Å². The van der Waals surface area contributed by atoms with Gasteiger partial charge in [-0.3, -0.25) is 9.48 Å². The SMILES string of the molecule is Cc1nn(Cc2cccc(F)c2)c(C)c1NC(=O)c1cccc(OCC(F)(F)F)c1. The monoisotopic (exact) mass is 421 g/mol. The molecule has 0 saturated heterocycles. The molecule has 1 heterocycles. The van der Waals surface area contributed by atoms with Crippen molar-refractivity contribution in [2.24, 2.45) is 0 Å². The van der Waals surface area contributed by atoms with Gasteiger partial charge in [-0.15, -0.1) is 0 Å². The fourth-order valence-corrected chi connectivity index (χ4v) is 2.92. The third kappa shape index (κ3) is 5.37. The lowest BCUT2D eigenvalue weighted by Crippen LogP contribution is -2.19. The van der Waals surface area contributed by atoms with Gasteiger partial charge in [-0.1, -0.05) is 18.2 Å². The molecule has 1 amide bonds. The summed E-state index contributed by atoms with van der Waals surface area (Å²) in [5, 5.41) is 7.12. The number of benzene rings is 2. The molecule has 0 bridgehead atoms. The average Bonchev–Trinajstić information content (AvgIpc) is 2.93. The van der Waals surface area contributed by atoms with Crippen molar-refractivity contribution < 1.29 is 27.1 Å². The van der Waals surface area contributed by atoms with E-state index in [4.69, 9.17) is 0 Å². The number of carbonyl (C=O) groups is 1. The highest BCUT2D eigenvalue weighted by Gasteiger charge is 2.28. The molecule has 0 aliphatic rings. The van der Waals surface area contributed by atoms with Crippen LogP contribution in [0.1, 0.15) is 27.3 Å². The second-order valence-corrected chi connectivity index (χ2v) is 6.72. The van der Waals surface area contributed by atoms with Gasteiger partial charge < -0.3 is 10.1 Å². The van der Waals surface area contributed by atoms with Crippen molar-refractivity contribution in [3.63, 3.8) is 0 Å². The first-order valence-electron chi connectivity index (χ1n) is 9.02. The van der Waals surface area contributed by atoms with Crippen LogP contribution in [0.3, 0.4) is 0 Å². The van der Waals surface area contributed by atoms with Crippen LogP contribution in [-0.2, 0) is 6.54 Å². The van der Waals surface area contributed by atoms with Crippen molar-refractivity contribution in [3.8, 4) is 5.75 Å². The molecule has 0 aliphatic carbocycles. The number of aryl methyl sites for hydroxylation is 1. The van der Waals surface area contributed by atoms with Crippen LogP contribution in [0.4, 0.5) is 23.2 Å². The van der Waals surface area contributed by atoms with Gasteiger partial charge in [0.2, 0.25) is 0 Å². The first-order chi connectivity index (χ1) is 14.1. The zero-order chi connectivity index (χ0) is 21.9. The highest BCUT2D eigenvalue weighted by atomic mass is 19.4. The lowest BCUT2D eigenvalue weighted by atomic mass is 10.2. The summed E-state index contributed by atoms with van der Waals surface area (Å²) in [6.45, 7) is 2.36. The molecule has 0 saturated carbocycles. The minimum atomic E-state index is -4.47. The third-order valence-electron chi connectivity index (χ3n) is 4.34. The number of aromatic nitrogens is 2. The smallest absolute Gasteiger partial charge is 0.422 e. The summed E-state index contributed by atoms with van der Waals surface area (Å²) in [4.78, 5) is 12.6. The standard InChI is InChI=1S/C21H19F4N3O2/c1-13-19(14(2)28(27-13)11-15-5-3-7-17(22)9-15)26-20(29)16-6-4-8-18(10-16)30-12-21(23,24)25/h3-10H,11-12H2,1-2H3,(H,26,29). The van der Waals surface area contributed by atoms with Crippen molar-refractivity contribution in [1.82, 2.24) is 9.78 Å². The number of halogens is 4. The summed E-state index contributed by atoms with van der Waals surface area (Å²) in [6, 6.07) is 11.6. The summed E-state index contributed by atoms with van der Waals surface area (Å²) in [7, 11) is 0. The van der Waals surface area contributed by atoms with Gasteiger partial charge in [-0.2, -0.15) is 18.3 Å². The van der Waals surface area contributed by atoms with Crippen molar-refractivity contribution >= 4 is 11.6 Å². The van der Waals surface area contributed by atoms with Gasteiger partial charge in [0.25, 0.3) is 5.91 Å². The number of nitrogens with zero attached hydrogens (tertiary/aromatic N) is 2. The predicted octanol–water partition coefficient (Wildman–Crippen LogP) is 4.88. The Morgan fingerprint density at radius 2 is 1.87 bits per heavy atom. The molecule has 2 aromatic carbocycles. The Kier molecular flexibility index (Phi) is 6.09. The van der Waals surface area contributed by atoms with Gasteiger partial charge in [-0.25, -0.2) is 4.39 Å². The molecule has 9 heteroatoms. The quantitative estimate of drug-likeness (QED) is 0.577. The molecule has 158 valence electrons. The van der Waals surface area contributed by atoms with Gasteiger partial charge in [0.1, 0.15) is 11.6 Å². The lowest BCUT2D eigenvalue weighted by molar-refractivity contribution is -0.153. The fraction of sp³-hybridized carbons (Fsp3) is 0.238. The van der Waals surface area contributed by atoms with Gasteiger partial charge in [0.15, 0.2) is 6.61 Å². The predicted molar refractivity (Wildman–Crippen MR) is 103 cm³/mol. The Balaban J connectivity index is 1.75. The van der Waals surface area contributed by atoms with Crippen LogP contribution in [0.25, 0.3) is 0 Å². The molecule has 1 aromatic heterocycles. The molecule has 1 N–H and O–H groups in total. The summed E-state index contributed by atoms with van der Waals surface area (Å²) in [5.41, 5.74) is 2.56. The lowest BCUT2D eigenvalue weighted by Gasteiger charge is -2.11. The normalized spacial score (nSPS) is 11.4. The molecule has 3 rings (SSSR count). The molecule has 5 nitrogen and oxygen atoms in total. The molecule has 0 aliphatic heterocycles. The van der Waals surface area contributed by atoms with E-state index in [9.17, 15) is 22.4 Å². The number of carbonyl (C=O) groups excluding carboxylic acids is 1. The number of hydrogen-bond acceptors (Lipinski definition) is 3. The number of amides is 1. The molecule has 0 radical (unpaired) electrons. The molecular weight excluding hydrogens is 402 g/mol. The van der Waals surface area contributed by atoms with Crippen LogP contribution in [0, 0.1) is 19.7 Å². The average molecular weight is 421 g/mol. The van der Waals surface area contributed by atoms with E-state index in [1.807, 2.05) is 0 Å². The second kappa shape index (κ2) is 8.56. The van der Waals surface area contributed by atoms with E-state index >= 15 is 0 Å². The minimum absolute atomic E-state index is 0.0600. The van der Waals surface area contributed by atoms with Crippen LogP contribution in [-0.4, -0.2) is 28.5 Å². The van der Waals surface area contributed by atoms with Crippen LogP contribution in [0.2, 0.25) is 0 Å².